The topological polar surface area (TPSA) is 64.0 Å². The van der Waals surface area contributed by atoms with Gasteiger partial charge in [-0.2, -0.15) is 0 Å². The van der Waals surface area contributed by atoms with Crippen molar-refractivity contribution >= 4 is 33.1 Å². The summed E-state index contributed by atoms with van der Waals surface area (Å²) in [5, 5.41) is 3.50. The number of fused-ring (bicyclic) bond motifs is 1. The molecule has 0 unspecified atom stereocenters. The number of anilines is 1. The first-order valence-electron chi connectivity index (χ1n) is 8.29. The molecule has 0 spiro atoms. The Hall–Kier alpha value is -2.47. The Bertz CT molecular complexity index is 1020. The fourth-order valence-electron chi connectivity index (χ4n) is 2.91. The van der Waals surface area contributed by atoms with Crippen LogP contribution in [0.25, 0.3) is 10.2 Å². The normalized spacial score (nSPS) is 11.0. The summed E-state index contributed by atoms with van der Waals surface area (Å²) in [4.78, 5) is 30.9. The third-order valence-corrected chi connectivity index (χ3v) is 5.42. The largest absolute Gasteiger partial charge is 0.321 e. The zero-order valence-electron chi connectivity index (χ0n) is 14.8. The van der Waals surface area contributed by atoms with E-state index in [0.29, 0.717) is 27.2 Å². The van der Waals surface area contributed by atoms with Crippen molar-refractivity contribution in [2.24, 2.45) is 0 Å². The second-order valence-electron chi connectivity index (χ2n) is 6.25. The van der Waals surface area contributed by atoms with E-state index in [2.05, 4.69) is 10.3 Å². The number of rotatable bonds is 4. The highest BCUT2D eigenvalue weighted by molar-refractivity contribution is 7.20. The lowest BCUT2D eigenvalue weighted by molar-refractivity contribution is 0.103. The van der Waals surface area contributed by atoms with Gasteiger partial charge in [0, 0.05) is 12.2 Å². The Morgan fingerprint density at radius 1 is 1.28 bits per heavy atom. The second-order valence-corrected chi connectivity index (χ2v) is 7.25. The van der Waals surface area contributed by atoms with Crippen LogP contribution in [0.1, 0.15) is 39.7 Å². The number of nitrogens with zero attached hydrogens (tertiary/aromatic N) is 2. The van der Waals surface area contributed by atoms with Crippen LogP contribution in [0.4, 0.5) is 5.69 Å². The maximum absolute atomic E-state index is 12.7. The van der Waals surface area contributed by atoms with Crippen LogP contribution in [0.3, 0.4) is 0 Å². The molecule has 0 fully saturated rings. The van der Waals surface area contributed by atoms with Crippen molar-refractivity contribution in [3.63, 3.8) is 0 Å². The molecule has 1 amide bonds. The quantitative estimate of drug-likeness (QED) is 0.768. The average molecular weight is 355 g/mol. The number of thiophene rings is 1. The van der Waals surface area contributed by atoms with Gasteiger partial charge in [0.15, 0.2) is 0 Å². The van der Waals surface area contributed by atoms with E-state index in [1.807, 2.05) is 45.9 Å². The lowest BCUT2D eigenvalue weighted by Gasteiger charge is -2.08. The summed E-state index contributed by atoms with van der Waals surface area (Å²) in [5.41, 5.74) is 3.56. The van der Waals surface area contributed by atoms with Crippen molar-refractivity contribution in [1.82, 2.24) is 9.55 Å². The van der Waals surface area contributed by atoms with Gasteiger partial charge in [-0.3, -0.25) is 14.2 Å². The predicted molar refractivity (Wildman–Crippen MR) is 103 cm³/mol. The molecule has 2 aromatic heterocycles. The number of carbonyl (C=O) groups excluding carboxylic acids is 1. The molecular weight excluding hydrogens is 334 g/mol. The maximum atomic E-state index is 12.7. The lowest BCUT2D eigenvalue weighted by atomic mass is 10.1. The second kappa shape index (κ2) is 6.80. The Morgan fingerprint density at radius 3 is 2.72 bits per heavy atom. The number of hydrogen-bond acceptors (Lipinski definition) is 4. The van der Waals surface area contributed by atoms with Crippen LogP contribution >= 0.6 is 11.3 Å². The minimum atomic E-state index is -0.200. The third-order valence-electron chi connectivity index (χ3n) is 4.22. The summed E-state index contributed by atoms with van der Waals surface area (Å²) < 4.78 is 1.61. The van der Waals surface area contributed by atoms with Crippen LogP contribution in [0.15, 0.2) is 29.3 Å². The molecule has 2 heterocycles. The SMILES string of the molecule is CCCn1cnc2sc(C(=O)Nc3ccc(C)cc3C)c(C)c2c1=O. The summed E-state index contributed by atoms with van der Waals surface area (Å²) in [5.74, 6) is -0.200. The van der Waals surface area contributed by atoms with Crippen molar-refractivity contribution in [2.75, 3.05) is 5.32 Å². The Kier molecular flexibility index (Phi) is 4.72. The molecule has 3 aromatic rings. The smallest absolute Gasteiger partial charge is 0.266 e. The van der Waals surface area contributed by atoms with E-state index in [9.17, 15) is 9.59 Å². The molecule has 0 saturated heterocycles. The van der Waals surface area contributed by atoms with Gasteiger partial charge in [0.05, 0.1) is 16.6 Å². The van der Waals surface area contributed by atoms with Gasteiger partial charge in [-0.05, 0) is 44.4 Å². The van der Waals surface area contributed by atoms with E-state index in [4.69, 9.17) is 0 Å². The Balaban J connectivity index is 2.01. The molecule has 0 aliphatic rings. The number of amides is 1. The van der Waals surface area contributed by atoms with Crippen molar-refractivity contribution < 1.29 is 4.79 Å². The van der Waals surface area contributed by atoms with E-state index < -0.39 is 0 Å². The van der Waals surface area contributed by atoms with Crippen LogP contribution in [-0.4, -0.2) is 15.5 Å². The molecule has 1 aromatic carbocycles. The number of aromatic nitrogens is 2. The van der Waals surface area contributed by atoms with Crippen LogP contribution in [0.2, 0.25) is 0 Å². The first-order valence-corrected chi connectivity index (χ1v) is 9.11. The van der Waals surface area contributed by atoms with Crippen LogP contribution < -0.4 is 10.9 Å². The van der Waals surface area contributed by atoms with E-state index in [-0.39, 0.29) is 11.5 Å². The Labute approximate surface area is 150 Å². The highest BCUT2D eigenvalue weighted by atomic mass is 32.1. The molecule has 0 bridgehead atoms. The average Bonchev–Trinajstić information content (AvgIpc) is 2.90. The fourth-order valence-corrected chi connectivity index (χ4v) is 3.94. The first-order chi connectivity index (χ1) is 11.9. The van der Waals surface area contributed by atoms with Crippen LogP contribution in [-0.2, 0) is 6.54 Å². The molecule has 3 rings (SSSR count). The summed E-state index contributed by atoms with van der Waals surface area (Å²) in [6, 6.07) is 5.89. The summed E-state index contributed by atoms with van der Waals surface area (Å²) in [6.07, 6.45) is 2.42. The molecular formula is C19H21N3O2S. The summed E-state index contributed by atoms with van der Waals surface area (Å²) in [6.45, 7) is 8.43. The van der Waals surface area contributed by atoms with Gasteiger partial charge in [-0.15, -0.1) is 11.3 Å². The molecule has 0 atom stereocenters. The van der Waals surface area contributed by atoms with Gasteiger partial charge in [0.25, 0.3) is 11.5 Å². The fraction of sp³-hybridized carbons (Fsp3) is 0.316. The number of carbonyl (C=O) groups is 1. The lowest BCUT2D eigenvalue weighted by Crippen LogP contribution is -2.20. The van der Waals surface area contributed by atoms with Gasteiger partial charge >= 0.3 is 0 Å². The summed E-state index contributed by atoms with van der Waals surface area (Å²) >= 11 is 1.26. The third kappa shape index (κ3) is 3.22. The number of aryl methyl sites for hydroxylation is 4. The van der Waals surface area contributed by atoms with Crippen molar-refractivity contribution in [3.05, 3.63) is 56.4 Å². The molecule has 25 heavy (non-hydrogen) atoms. The minimum absolute atomic E-state index is 0.0776. The van der Waals surface area contributed by atoms with E-state index in [1.54, 1.807) is 10.9 Å². The molecule has 0 aliphatic carbocycles. The van der Waals surface area contributed by atoms with Crippen molar-refractivity contribution in [2.45, 2.75) is 40.7 Å². The molecule has 0 saturated carbocycles. The number of nitrogens with one attached hydrogen (secondary N) is 1. The summed E-state index contributed by atoms with van der Waals surface area (Å²) in [7, 11) is 0. The van der Waals surface area contributed by atoms with Crippen molar-refractivity contribution in [3.8, 4) is 0 Å². The number of hydrogen-bond donors (Lipinski definition) is 1. The maximum Gasteiger partial charge on any atom is 0.266 e. The van der Waals surface area contributed by atoms with Gasteiger partial charge in [-0.25, -0.2) is 4.98 Å². The van der Waals surface area contributed by atoms with E-state index >= 15 is 0 Å². The molecule has 1 N–H and O–H groups in total. The van der Waals surface area contributed by atoms with Crippen LogP contribution in [0, 0.1) is 20.8 Å². The highest BCUT2D eigenvalue weighted by Gasteiger charge is 2.19. The molecule has 6 heteroatoms. The van der Waals surface area contributed by atoms with Gasteiger partial charge in [-0.1, -0.05) is 24.6 Å². The standard InChI is InChI=1S/C19H21N3O2S/c1-5-8-22-10-20-18-15(19(22)24)13(4)16(25-18)17(23)21-14-7-6-11(2)9-12(14)3/h6-7,9-10H,5,8H2,1-4H3,(H,21,23). The van der Waals surface area contributed by atoms with Crippen molar-refractivity contribution in [1.29, 1.82) is 0 Å². The molecule has 0 aliphatic heterocycles. The van der Waals surface area contributed by atoms with Gasteiger partial charge < -0.3 is 5.32 Å². The predicted octanol–water partition coefficient (Wildman–Crippen LogP) is 4.05. The zero-order valence-corrected chi connectivity index (χ0v) is 15.7. The Morgan fingerprint density at radius 2 is 2.04 bits per heavy atom. The van der Waals surface area contributed by atoms with E-state index in [1.165, 1.54) is 11.3 Å². The minimum Gasteiger partial charge on any atom is -0.321 e. The van der Waals surface area contributed by atoms with E-state index in [0.717, 1.165) is 23.2 Å². The first kappa shape index (κ1) is 17.4. The van der Waals surface area contributed by atoms with Crippen LogP contribution in [0.5, 0.6) is 0 Å². The molecule has 130 valence electrons. The molecule has 0 radical (unpaired) electrons. The molecule has 5 nitrogen and oxygen atoms in total. The van der Waals surface area contributed by atoms with Gasteiger partial charge in [0.2, 0.25) is 0 Å². The van der Waals surface area contributed by atoms with Gasteiger partial charge in [0.1, 0.15) is 4.83 Å². The monoisotopic (exact) mass is 355 g/mol. The zero-order chi connectivity index (χ0) is 18.1. The highest BCUT2D eigenvalue weighted by Crippen LogP contribution is 2.28. The number of benzene rings is 1.